The molecule has 2 saturated heterocycles. The largest absolute Gasteiger partial charge is 0.480 e. The number of aliphatic hydroxyl groups is 3. The molecule has 1 aromatic heterocycles. The van der Waals surface area contributed by atoms with Crippen LogP contribution in [0, 0.1) is 11.8 Å². The molecule has 15 atom stereocenters. The standard InChI is InChI=1S/C42H68N12O19/c1-17(2)23(37(63)64)52-41(67)53-24(20-8-12-46-40(43)49-20)35(62)51-25(30(18(3)4)70-16-55)34(61)45-11-7-10-44-15-48-26(38(65)66)31(73-39-33(69-6)27(58)21(71-39)14-47-19(5)56)32-28(59)29(60)36(72-32)54-13-9-22(57)50-42(54)68/h9,13,16-18,20-21,23-33,36,39,44,48,58-60H,7-8,10-12,14-15H2,1-6H3,(H,45,61)(H,47,56)(H,51,62)(H,63,64)(H,65,66)(H3,43,46,49)(H,50,57,68)(H2,52,53,67)/t20-,21+,23-,24-,25-,26?,27?,28-,29+,30+,31?,32?,33+,36+,39-/m0/s1. The number of aromatic amines is 1. The second-order valence-electron chi connectivity index (χ2n) is 18.0. The van der Waals surface area contributed by atoms with Crippen molar-refractivity contribution >= 4 is 48.1 Å². The van der Waals surface area contributed by atoms with E-state index in [1.165, 1.54) is 14.0 Å². The number of nitrogens with zero attached hydrogens (tertiary/aromatic N) is 2. The second kappa shape index (κ2) is 27.7. The van der Waals surface area contributed by atoms with Crippen LogP contribution in [0.5, 0.6) is 0 Å². The van der Waals surface area contributed by atoms with Crippen LogP contribution in [0.1, 0.15) is 53.7 Å². The Morgan fingerprint density at radius 1 is 0.918 bits per heavy atom. The van der Waals surface area contributed by atoms with Crippen LogP contribution in [0.4, 0.5) is 4.79 Å². The van der Waals surface area contributed by atoms with E-state index in [4.69, 9.17) is 29.4 Å². The van der Waals surface area contributed by atoms with Crippen molar-refractivity contribution in [2.45, 2.75) is 139 Å². The molecule has 5 amide bonds. The van der Waals surface area contributed by atoms with Crippen molar-refractivity contribution in [1.82, 2.24) is 52.1 Å². The maximum atomic E-state index is 14.0. The van der Waals surface area contributed by atoms with Gasteiger partial charge < -0.3 is 92.2 Å². The van der Waals surface area contributed by atoms with E-state index in [9.17, 15) is 68.7 Å². The molecule has 0 aromatic carbocycles. The summed E-state index contributed by atoms with van der Waals surface area (Å²) in [5.41, 5.74) is 4.07. The number of guanidine groups is 1. The molecule has 410 valence electrons. The lowest BCUT2D eigenvalue weighted by atomic mass is 9.96. The quantitative estimate of drug-likeness (QED) is 0.0211. The van der Waals surface area contributed by atoms with Crippen LogP contribution in [-0.2, 0) is 52.5 Å². The SMILES string of the molecule is CO[C@@H]1C(O)[C@@H](CNC(C)=O)O[C@H]1OC(C(NCNCCCNC(=O)[C@@H](NC(=O)[C@@H](NC(=O)N[C@H](C(=O)O)C(C)C)[C@@H]1CCN=C(N)N1)[C@H](OC=O)C(C)C)C(=O)O)C1O[C@@H](n2ccc(=O)[nH]c2=O)[C@H](O)[C@@H]1O. The Kier molecular flexibility index (Phi) is 22.4. The monoisotopic (exact) mass is 1040 g/mol. The number of H-pyrrole nitrogens is 1. The smallest absolute Gasteiger partial charge is 0.330 e. The van der Waals surface area contributed by atoms with Gasteiger partial charge in [0.05, 0.1) is 6.04 Å². The minimum absolute atomic E-state index is 0.0392. The first-order valence-corrected chi connectivity index (χ1v) is 23.3. The number of aliphatic imine (C=N–C) groups is 1. The molecule has 4 rings (SSSR count). The van der Waals surface area contributed by atoms with E-state index in [2.05, 4.69) is 47.5 Å². The molecular formula is C42H68N12O19. The average molecular weight is 1050 g/mol. The van der Waals surface area contributed by atoms with E-state index >= 15 is 0 Å². The number of aromatic nitrogens is 2. The Morgan fingerprint density at radius 3 is 2.21 bits per heavy atom. The molecule has 0 aliphatic carbocycles. The number of hydrogen-bond acceptors (Lipinski definition) is 22. The van der Waals surface area contributed by atoms with Gasteiger partial charge in [-0.15, -0.1) is 0 Å². The van der Waals surface area contributed by atoms with E-state index in [1.54, 1.807) is 27.7 Å². The Hall–Kier alpha value is -6.32. The Labute approximate surface area is 417 Å². The Morgan fingerprint density at radius 2 is 1.62 bits per heavy atom. The van der Waals surface area contributed by atoms with Gasteiger partial charge in [0.15, 0.2) is 18.5 Å². The highest BCUT2D eigenvalue weighted by molar-refractivity contribution is 5.94. The van der Waals surface area contributed by atoms with Gasteiger partial charge in [0.2, 0.25) is 17.7 Å². The number of methoxy groups -OCH3 is 1. The number of ether oxygens (including phenoxy) is 5. The van der Waals surface area contributed by atoms with Gasteiger partial charge in [-0.05, 0) is 31.2 Å². The summed E-state index contributed by atoms with van der Waals surface area (Å²) in [7, 11) is 1.21. The van der Waals surface area contributed by atoms with E-state index < -0.39 is 150 Å². The van der Waals surface area contributed by atoms with Crippen molar-refractivity contribution in [3.05, 3.63) is 33.1 Å². The predicted octanol–water partition coefficient (Wildman–Crippen LogP) is -6.99. The molecule has 4 heterocycles. The summed E-state index contributed by atoms with van der Waals surface area (Å²) in [6.07, 6.45) is -14.3. The maximum Gasteiger partial charge on any atom is 0.330 e. The fourth-order valence-corrected chi connectivity index (χ4v) is 8.23. The number of amides is 5. The van der Waals surface area contributed by atoms with Gasteiger partial charge >= 0.3 is 23.7 Å². The lowest BCUT2D eigenvalue weighted by molar-refractivity contribution is -0.231. The number of urea groups is 1. The molecule has 1 aromatic rings. The zero-order valence-corrected chi connectivity index (χ0v) is 40.9. The highest BCUT2D eigenvalue weighted by Gasteiger charge is 2.54. The number of nitrogens with two attached hydrogens (primary N) is 1. The van der Waals surface area contributed by atoms with Crippen LogP contribution >= 0.6 is 0 Å². The summed E-state index contributed by atoms with van der Waals surface area (Å²) >= 11 is 0. The van der Waals surface area contributed by atoms with Crippen molar-refractivity contribution in [3.63, 3.8) is 0 Å². The summed E-state index contributed by atoms with van der Waals surface area (Å²) in [6, 6.07) is -7.09. The number of carboxylic acids is 2. The number of nitrogens with one attached hydrogen (secondary N) is 9. The lowest BCUT2D eigenvalue weighted by Gasteiger charge is -2.34. The predicted molar refractivity (Wildman–Crippen MR) is 249 cm³/mol. The van der Waals surface area contributed by atoms with Gasteiger partial charge in [-0.1, -0.05) is 27.7 Å². The maximum absolute atomic E-state index is 14.0. The van der Waals surface area contributed by atoms with E-state index in [0.29, 0.717) is 0 Å². The molecule has 2 fully saturated rings. The third kappa shape index (κ3) is 16.1. The molecule has 3 aliphatic rings. The molecule has 0 radical (unpaired) electrons. The molecule has 31 nitrogen and oxygen atoms in total. The number of rotatable bonds is 28. The number of carboxylic acid groups (broad SMARTS) is 2. The summed E-state index contributed by atoms with van der Waals surface area (Å²) in [5, 5.41) is 74.4. The normalized spacial score (nSPS) is 26.2. The molecule has 3 aliphatic heterocycles. The summed E-state index contributed by atoms with van der Waals surface area (Å²) in [5.74, 6) is -6.20. The van der Waals surface area contributed by atoms with Crippen LogP contribution in [0.15, 0.2) is 26.8 Å². The minimum Gasteiger partial charge on any atom is -0.480 e. The molecule has 31 heteroatoms. The van der Waals surface area contributed by atoms with Crippen LogP contribution in [0.3, 0.4) is 0 Å². The highest BCUT2D eigenvalue weighted by Crippen LogP contribution is 2.35. The molecule has 0 bridgehead atoms. The molecule has 0 saturated carbocycles. The third-order valence-electron chi connectivity index (χ3n) is 12.0. The topological polar surface area (TPSA) is 456 Å². The molecule has 0 spiro atoms. The third-order valence-corrected chi connectivity index (χ3v) is 12.0. The van der Waals surface area contributed by atoms with Gasteiger partial charge in [-0.25, -0.2) is 14.4 Å². The average Bonchev–Trinajstić information content (AvgIpc) is 3.79. The van der Waals surface area contributed by atoms with Crippen molar-refractivity contribution in [2.24, 2.45) is 22.6 Å². The zero-order valence-electron chi connectivity index (χ0n) is 40.9. The van der Waals surface area contributed by atoms with Gasteiger partial charge in [-0.3, -0.25) is 48.6 Å². The van der Waals surface area contributed by atoms with Gasteiger partial charge in [0.1, 0.15) is 73.0 Å². The first kappa shape index (κ1) is 59.2. The summed E-state index contributed by atoms with van der Waals surface area (Å²) in [4.78, 5) is 119. The number of aliphatic hydroxyl groups excluding tert-OH is 3. The highest BCUT2D eigenvalue weighted by atomic mass is 16.7. The number of hydrogen-bond donors (Lipinski definition) is 15. The van der Waals surface area contributed by atoms with Gasteiger partial charge in [-0.2, -0.15) is 0 Å². The van der Waals surface area contributed by atoms with Gasteiger partial charge in [0.25, 0.3) is 12.0 Å². The zero-order chi connectivity index (χ0) is 54.3. The van der Waals surface area contributed by atoms with Crippen molar-refractivity contribution < 1.29 is 82.8 Å². The van der Waals surface area contributed by atoms with Crippen molar-refractivity contribution in [3.8, 4) is 0 Å². The van der Waals surface area contributed by atoms with E-state index in [0.717, 1.165) is 16.8 Å². The van der Waals surface area contributed by atoms with Crippen LogP contribution in [0.25, 0.3) is 0 Å². The van der Waals surface area contributed by atoms with Crippen molar-refractivity contribution in [2.75, 3.05) is 40.0 Å². The molecular weight excluding hydrogens is 977 g/mol. The second-order valence-corrected chi connectivity index (χ2v) is 18.0. The Balaban J connectivity index is 1.47. The summed E-state index contributed by atoms with van der Waals surface area (Å²) in [6.45, 7) is 7.38. The number of aliphatic carboxylic acids is 2. The molecule has 16 N–H and O–H groups in total. The molecule has 73 heavy (non-hydrogen) atoms. The minimum atomic E-state index is -1.93. The van der Waals surface area contributed by atoms with Crippen molar-refractivity contribution in [1.29, 1.82) is 0 Å². The van der Waals surface area contributed by atoms with Crippen LogP contribution in [0.2, 0.25) is 0 Å². The van der Waals surface area contributed by atoms with Gasteiger partial charge in [0, 0.05) is 52.6 Å². The number of carbonyl (C=O) groups excluding carboxylic acids is 5. The molecule has 4 unspecified atom stereocenters. The first-order chi connectivity index (χ1) is 34.5. The van der Waals surface area contributed by atoms with E-state index in [1.807, 2.05) is 4.98 Å². The fourth-order valence-electron chi connectivity index (χ4n) is 8.23. The van der Waals surface area contributed by atoms with Crippen LogP contribution < -0.4 is 59.5 Å². The lowest BCUT2D eigenvalue weighted by Crippen LogP contribution is -2.66. The summed E-state index contributed by atoms with van der Waals surface area (Å²) < 4.78 is 29.2. The number of carbonyl (C=O) groups is 7. The fraction of sp³-hybridized carbons (Fsp3) is 0.714. The Bertz CT molecular complexity index is 2210. The van der Waals surface area contributed by atoms with E-state index in [-0.39, 0.29) is 58.1 Å². The van der Waals surface area contributed by atoms with Crippen LogP contribution in [-0.4, -0.2) is 208 Å². The first-order valence-electron chi connectivity index (χ1n) is 23.3.